The van der Waals surface area contributed by atoms with Crippen LogP contribution in [0.1, 0.15) is 35.3 Å². The van der Waals surface area contributed by atoms with Crippen LogP contribution in [0.4, 0.5) is 0 Å². The van der Waals surface area contributed by atoms with Crippen LogP contribution >= 0.6 is 0 Å². The van der Waals surface area contributed by atoms with Crippen molar-refractivity contribution < 1.29 is 14.3 Å². The van der Waals surface area contributed by atoms with Crippen LogP contribution in [-0.4, -0.2) is 48.2 Å². The van der Waals surface area contributed by atoms with Crippen LogP contribution in [-0.2, 0) is 17.8 Å². The summed E-state index contributed by atoms with van der Waals surface area (Å²) in [6.07, 6.45) is 2.18. The molecule has 2 atom stereocenters. The molecule has 0 spiro atoms. The van der Waals surface area contributed by atoms with Gasteiger partial charge in [-0.25, -0.2) is 4.98 Å². The predicted octanol–water partition coefficient (Wildman–Crippen LogP) is 2.63. The fourth-order valence-electron chi connectivity index (χ4n) is 3.39. The predicted molar refractivity (Wildman–Crippen MR) is 104 cm³/mol. The molecule has 6 heteroatoms. The molecular weight excluding hydrogens is 342 g/mol. The van der Waals surface area contributed by atoms with E-state index in [2.05, 4.69) is 29.0 Å². The van der Waals surface area contributed by atoms with Crippen LogP contribution < -0.4 is 10.1 Å². The monoisotopic (exact) mass is 369 g/mol. The first-order valence-electron chi connectivity index (χ1n) is 9.27. The van der Waals surface area contributed by atoms with E-state index in [1.807, 2.05) is 36.4 Å². The lowest BCUT2D eigenvalue weighted by molar-refractivity contribution is -0.0704. The second kappa shape index (κ2) is 8.97. The number of benzene rings is 1. The SMILES string of the molecule is COc1cc(CNC(=O)c2ccc(CN3C[C@@H](C)O[C@@H](C)C3)cc2)ccn1. The van der Waals surface area contributed by atoms with E-state index < -0.39 is 0 Å². The minimum absolute atomic E-state index is 0.0917. The minimum Gasteiger partial charge on any atom is -0.481 e. The maximum absolute atomic E-state index is 12.4. The van der Waals surface area contributed by atoms with E-state index in [-0.39, 0.29) is 18.1 Å². The number of carbonyl (C=O) groups is 1. The highest BCUT2D eigenvalue weighted by molar-refractivity contribution is 5.94. The molecule has 0 aliphatic carbocycles. The van der Waals surface area contributed by atoms with Crippen molar-refractivity contribution in [2.45, 2.75) is 39.1 Å². The molecular formula is C21H27N3O3. The molecule has 0 bridgehead atoms. The number of morpholine rings is 1. The average molecular weight is 369 g/mol. The first-order valence-corrected chi connectivity index (χ1v) is 9.27. The molecule has 0 saturated carbocycles. The summed E-state index contributed by atoms with van der Waals surface area (Å²) in [5.74, 6) is 0.448. The number of ether oxygens (including phenoxy) is 2. The lowest BCUT2D eigenvalue weighted by Gasteiger charge is -2.35. The largest absolute Gasteiger partial charge is 0.481 e. The number of methoxy groups -OCH3 is 1. The molecule has 2 heterocycles. The van der Waals surface area contributed by atoms with Crippen molar-refractivity contribution in [3.05, 3.63) is 59.3 Å². The Bertz CT molecular complexity index is 754. The number of hydrogen-bond acceptors (Lipinski definition) is 5. The summed E-state index contributed by atoms with van der Waals surface area (Å²) in [7, 11) is 1.57. The number of nitrogens with zero attached hydrogens (tertiary/aromatic N) is 2. The van der Waals surface area contributed by atoms with Gasteiger partial charge in [-0.1, -0.05) is 12.1 Å². The molecule has 1 saturated heterocycles. The minimum atomic E-state index is -0.0917. The summed E-state index contributed by atoms with van der Waals surface area (Å²) in [5.41, 5.74) is 2.80. The summed E-state index contributed by atoms with van der Waals surface area (Å²) >= 11 is 0. The topological polar surface area (TPSA) is 63.7 Å². The number of rotatable bonds is 6. The number of aromatic nitrogens is 1. The van der Waals surface area contributed by atoms with Gasteiger partial charge in [0.2, 0.25) is 5.88 Å². The Balaban J connectivity index is 1.54. The molecule has 3 rings (SSSR count). The van der Waals surface area contributed by atoms with Gasteiger partial charge < -0.3 is 14.8 Å². The van der Waals surface area contributed by atoms with Gasteiger partial charge >= 0.3 is 0 Å². The summed E-state index contributed by atoms with van der Waals surface area (Å²) in [6.45, 7) is 7.38. The smallest absolute Gasteiger partial charge is 0.251 e. The van der Waals surface area contributed by atoms with Gasteiger partial charge in [0.15, 0.2) is 0 Å². The van der Waals surface area contributed by atoms with Crippen LogP contribution in [0.25, 0.3) is 0 Å². The van der Waals surface area contributed by atoms with Gasteiger partial charge in [0.25, 0.3) is 5.91 Å². The quantitative estimate of drug-likeness (QED) is 0.848. The Morgan fingerprint density at radius 3 is 2.56 bits per heavy atom. The second-order valence-electron chi connectivity index (χ2n) is 7.04. The third-order valence-corrected chi connectivity index (χ3v) is 4.58. The van der Waals surface area contributed by atoms with Gasteiger partial charge in [0.05, 0.1) is 19.3 Å². The Labute approximate surface area is 160 Å². The first-order chi connectivity index (χ1) is 13.0. The third kappa shape index (κ3) is 5.52. The molecule has 1 aliphatic rings. The Kier molecular flexibility index (Phi) is 6.42. The molecule has 2 aromatic rings. The number of pyridine rings is 1. The highest BCUT2D eigenvalue weighted by Crippen LogP contribution is 2.15. The Hall–Kier alpha value is -2.44. The normalized spacial score (nSPS) is 20.3. The zero-order valence-electron chi connectivity index (χ0n) is 16.1. The van der Waals surface area contributed by atoms with Crippen molar-refractivity contribution in [3.63, 3.8) is 0 Å². The van der Waals surface area contributed by atoms with Crippen LogP contribution in [0, 0.1) is 0 Å². The van der Waals surface area contributed by atoms with Gasteiger partial charge in [-0.05, 0) is 43.2 Å². The van der Waals surface area contributed by atoms with Crippen molar-refractivity contribution in [1.29, 1.82) is 0 Å². The molecule has 6 nitrogen and oxygen atoms in total. The van der Waals surface area contributed by atoms with E-state index in [0.29, 0.717) is 18.0 Å². The third-order valence-electron chi connectivity index (χ3n) is 4.58. The van der Waals surface area contributed by atoms with Gasteiger partial charge in [0, 0.05) is 44.0 Å². The number of hydrogen-bond donors (Lipinski definition) is 1. The summed E-state index contributed by atoms with van der Waals surface area (Å²) in [4.78, 5) is 18.8. The Morgan fingerprint density at radius 1 is 1.19 bits per heavy atom. The van der Waals surface area contributed by atoms with E-state index in [1.165, 1.54) is 5.56 Å². The molecule has 1 amide bonds. The molecule has 1 fully saturated rings. The van der Waals surface area contributed by atoms with Gasteiger partial charge in [0.1, 0.15) is 0 Å². The molecule has 1 N–H and O–H groups in total. The van der Waals surface area contributed by atoms with Crippen LogP contribution in [0.5, 0.6) is 5.88 Å². The van der Waals surface area contributed by atoms with Crippen LogP contribution in [0.15, 0.2) is 42.6 Å². The van der Waals surface area contributed by atoms with E-state index in [0.717, 1.165) is 25.2 Å². The van der Waals surface area contributed by atoms with Crippen LogP contribution in [0.2, 0.25) is 0 Å². The van der Waals surface area contributed by atoms with Crippen molar-refractivity contribution in [2.24, 2.45) is 0 Å². The number of carbonyl (C=O) groups excluding carboxylic acids is 1. The lowest BCUT2D eigenvalue weighted by atomic mass is 10.1. The van der Waals surface area contributed by atoms with Gasteiger partial charge in [-0.15, -0.1) is 0 Å². The average Bonchev–Trinajstić information content (AvgIpc) is 2.66. The fraction of sp³-hybridized carbons (Fsp3) is 0.429. The molecule has 1 aromatic carbocycles. The second-order valence-corrected chi connectivity index (χ2v) is 7.04. The van der Waals surface area contributed by atoms with E-state index in [9.17, 15) is 4.79 Å². The Morgan fingerprint density at radius 2 is 1.89 bits per heavy atom. The molecule has 0 unspecified atom stereocenters. The lowest BCUT2D eigenvalue weighted by Crippen LogP contribution is -2.44. The summed E-state index contributed by atoms with van der Waals surface area (Å²) < 4.78 is 10.9. The van der Waals surface area contributed by atoms with Crippen molar-refractivity contribution in [1.82, 2.24) is 15.2 Å². The molecule has 27 heavy (non-hydrogen) atoms. The highest BCUT2D eigenvalue weighted by Gasteiger charge is 2.22. The molecule has 0 radical (unpaired) electrons. The maximum Gasteiger partial charge on any atom is 0.251 e. The van der Waals surface area contributed by atoms with E-state index in [4.69, 9.17) is 9.47 Å². The van der Waals surface area contributed by atoms with Gasteiger partial charge in [-0.3, -0.25) is 9.69 Å². The standard InChI is InChI=1S/C21H27N3O3/c1-15-12-24(13-16(2)27-15)14-17-4-6-19(7-5-17)21(25)23-11-18-8-9-22-20(10-18)26-3/h4-10,15-16H,11-14H2,1-3H3,(H,23,25)/t15-,16+. The number of nitrogens with one attached hydrogen (secondary N) is 1. The highest BCUT2D eigenvalue weighted by atomic mass is 16.5. The molecule has 1 aliphatic heterocycles. The van der Waals surface area contributed by atoms with E-state index in [1.54, 1.807) is 13.3 Å². The summed E-state index contributed by atoms with van der Waals surface area (Å²) in [5, 5.41) is 2.93. The molecule has 1 aromatic heterocycles. The van der Waals surface area contributed by atoms with Crippen molar-refractivity contribution >= 4 is 5.91 Å². The zero-order valence-corrected chi connectivity index (χ0v) is 16.1. The first kappa shape index (κ1) is 19.3. The van der Waals surface area contributed by atoms with Gasteiger partial charge in [-0.2, -0.15) is 0 Å². The summed E-state index contributed by atoms with van der Waals surface area (Å²) in [6, 6.07) is 11.5. The van der Waals surface area contributed by atoms with Crippen molar-refractivity contribution in [2.75, 3.05) is 20.2 Å². The fourth-order valence-corrected chi connectivity index (χ4v) is 3.39. The van der Waals surface area contributed by atoms with Crippen molar-refractivity contribution in [3.8, 4) is 5.88 Å². The van der Waals surface area contributed by atoms with Crippen LogP contribution in [0.3, 0.4) is 0 Å². The zero-order chi connectivity index (χ0) is 19.2. The number of amides is 1. The molecule has 144 valence electrons. The van der Waals surface area contributed by atoms with E-state index >= 15 is 0 Å². The maximum atomic E-state index is 12.4.